The standard InChI is InChI=1S/C13H8O6/c14-8-4-9(19-13(18)5-8)2-1-7-3-11(16)12(17)6-10(7)15/h1-6,14-15H/b2-1+. The molecule has 1 aliphatic rings. The molecule has 1 heterocycles. The van der Waals surface area contributed by atoms with E-state index < -0.39 is 17.2 Å². The van der Waals surface area contributed by atoms with Crippen molar-refractivity contribution >= 4 is 17.6 Å². The van der Waals surface area contributed by atoms with Crippen molar-refractivity contribution in [1.82, 2.24) is 0 Å². The van der Waals surface area contributed by atoms with Crippen molar-refractivity contribution in [2.24, 2.45) is 0 Å². The van der Waals surface area contributed by atoms with Gasteiger partial charge in [0.2, 0.25) is 11.6 Å². The van der Waals surface area contributed by atoms with Gasteiger partial charge in [-0.3, -0.25) is 9.59 Å². The minimum Gasteiger partial charge on any atom is -0.508 e. The number of carbonyl (C=O) groups is 2. The Morgan fingerprint density at radius 1 is 0.947 bits per heavy atom. The van der Waals surface area contributed by atoms with Gasteiger partial charge in [0.25, 0.3) is 0 Å². The third-order valence-corrected chi connectivity index (χ3v) is 2.29. The van der Waals surface area contributed by atoms with Crippen molar-refractivity contribution in [2.75, 3.05) is 0 Å². The van der Waals surface area contributed by atoms with Crippen LogP contribution in [0.1, 0.15) is 5.76 Å². The highest BCUT2D eigenvalue weighted by molar-refractivity contribution is 6.46. The van der Waals surface area contributed by atoms with E-state index in [2.05, 4.69) is 0 Å². The van der Waals surface area contributed by atoms with Crippen molar-refractivity contribution < 1.29 is 24.2 Å². The summed E-state index contributed by atoms with van der Waals surface area (Å²) in [5.41, 5.74) is -0.626. The Kier molecular flexibility index (Phi) is 3.15. The molecule has 0 atom stereocenters. The van der Waals surface area contributed by atoms with E-state index in [1.807, 2.05) is 0 Å². The number of carbonyl (C=O) groups excluding carboxylic acids is 2. The summed E-state index contributed by atoms with van der Waals surface area (Å²) in [5, 5.41) is 18.7. The van der Waals surface area contributed by atoms with E-state index in [4.69, 9.17) is 4.42 Å². The molecule has 1 aromatic rings. The number of allylic oxidation sites excluding steroid dienone is 3. The predicted molar refractivity (Wildman–Crippen MR) is 64.5 cm³/mol. The molecular weight excluding hydrogens is 252 g/mol. The van der Waals surface area contributed by atoms with Crippen LogP contribution in [0.4, 0.5) is 0 Å². The summed E-state index contributed by atoms with van der Waals surface area (Å²) in [6, 6.07) is 2.09. The normalized spacial score (nSPS) is 15.6. The summed E-state index contributed by atoms with van der Waals surface area (Å²) in [5.74, 6) is -2.14. The number of rotatable bonds is 2. The predicted octanol–water partition coefficient (Wildman–Crippen LogP) is 0.879. The maximum absolute atomic E-state index is 11.1. The van der Waals surface area contributed by atoms with Crippen molar-refractivity contribution in [3.63, 3.8) is 0 Å². The summed E-state index contributed by atoms with van der Waals surface area (Å²) in [6.07, 6.45) is 4.34. The van der Waals surface area contributed by atoms with E-state index in [1.54, 1.807) is 0 Å². The molecule has 0 fully saturated rings. The molecule has 0 aromatic carbocycles. The quantitative estimate of drug-likeness (QED) is 0.604. The smallest absolute Gasteiger partial charge is 0.339 e. The lowest BCUT2D eigenvalue weighted by Gasteiger charge is -2.05. The highest BCUT2D eigenvalue weighted by Gasteiger charge is 2.17. The van der Waals surface area contributed by atoms with Crippen LogP contribution in [0.5, 0.6) is 5.75 Å². The summed E-state index contributed by atoms with van der Waals surface area (Å²) < 4.78 is 4.75. The van der Waals surface area contributed by atoms with E-state index in [-0.39, 0.29) is 22.8 Å². The van der Waals surface area contributed by atoms with Crippen molar-refractivity contribution in [3.05, 3.63) is 57.9 Å². The van der Waals surface area contributed by atoms with Crippen LogP contribution < -0.4 is 5.63 Å². The maximum Gasteiger partial charge on any atom is 0.339 e. The molecule has 19 heavy (non-hydrogen) atoms. The van der Waals surface area contributed by atoms with Gasteiger partial charge in [0.05, 0.1) is 6.07 Å². The maximum atomic E-state index is 11.1. The van der Waals surface area contributed by atoms with Gasteiger partial charge in [-0.15, -0.1) is 0 Å². The minimum atomic E-state index is -0.807. The summed E-state index contributed by atoms with van der Waals surface area (Å²) in [4.78, 5) is 33.1. The number of hydrogen-bond donors (Lipinski definition) is 2. The lowest BCUT2D eigenvalue weighted by molar-refractivity contribution is -0.131. The molecule has 2 rings (SSSR count). The fourth-order valence-corrected chi connectivity index (χ4v) is 1.44. The minimum absolute atomic E-state index is 0.0445. The zero-order valence-corrected chi connectivity index (χ0v) is 9.49. The molecule has 0 saturated heterocycles. The molecular formula is C13H8O6. The van der Waals surface area contributed by atoms with E-state index in [9.17, 15) is 24.6 Å². The second kappa shape index (κ2) is 4.77. The molecule has 0 aliphatic heterocycles. The topological polar surface area (TPSA) is 105 Å². The molecule has 0 spiro atoms. The van der Waals surface area contributed by atoms with E-state index in [0.717, 1.165) is 18.2 Å². The molecule has 6 nitrogen and oxygen atoms in total. The van der Waals surface area contributed by atoms with E-state index >= 15 is 0 Å². The monoisotopic (exact) mass is 260 g/mol. The number of aliphatic hydroxyl groups excluding tert-OH is 1. The van der Waals surface area contributed by atoms with Crippen LogP contribution in [-0.2, 0) is 9.59 Å². The van der Waals surface area contributed by atoms with Gasteiger partial charge in [-0.2, -0.15) is 0 Å². The zero-order chi connectivity index (χ0) is 14.0. The third-order valence-electron chi connectivity index (χ3n) is 2.29. The molecule has 0 saturated carbocycles. The van der Waals surface area contributed by atoms with Crippen LogP contribution in [0, 0.1) is 0 Å². The van der Waals surface area contributed by atoms with E-state index in [1.165, 1.54) is 18.2 Å². The first kappa shape index (κ1) is 12.6. The summed E-state index contributed by atoms with van der Waals surface area (Å²) in [7, 11) is 0. The molecule has 0 unspecified atom stereocenters. The van der Waals surface area contributed by atoms with Crippen LogP contribution in [0.3, 0.4) is 0 Å². The van der Waals surface area contributed by atoms with Crippen molar-refractivity contribution in [1.29, 1.82) is 0 Å². The van der Waals surface area contributed by atoms with Gasteiger partial charge >= 0.3 is 5.63 Å². The van der Waals surface area contributed by atoms with Gasteiger partial charge in [-0.05, 0) is 12.2 Å². The number of hydrogen-bond acceptors (Lipinski definition) is 6. The number of ketones is 2. The molecule has 6 heteroatoms. The van der Waals surface area contributed by atoms with Gasteiger partial charge in [0.15, 0.2) is 0 Å². The SMILES string of the molecule is O=C1C=C(O)C(/C=C/c2cc(O)cc(=O)o2)=CC1=O. The zero-order valence-electron chi connectivity index (χ0n) is 9.49. The molecule has 0 amide bonds. The fraction of sp³-hybridized carbons (Fsp3) is 0. The van der Waals surface area contributed by atoms with Gasteiger partial charge in [0.1, 0.15) is 17.3 Å². The van der Waals surface area contributed by atoms with Gasteiger partial charge in [0, 0.05) is 23.8 Å². The molecule has 0 bridgehead atoms. The Balaban J connectivity index is 2.31. The first-order valence-corrected chi connectivity index (χ1v) is 5.19. The first-order valence-electron chi connectivity index (χ1n) is 5.19. The lowest BCUT2D eigenvalue weighted by Crippen LogP contribution is -2.14. The summed E-state index contributed by atoms with van der Waals surface area (Å²) in [6.45, 7) is 0. The van der Waals surface area contributed by atoms with Crippen LogP contribution in [0.2, 0.25) is 0 Å². The second-order valence-electron chi connectivity index (χ2n) is 3.73. The second-order valence-corrected chi connectivity index (χ2v) is 3.73. The highest BCUT2D eigenvalue weighted by atomic mass is 16.4. The molecule has 96 valence electrons. The Morgan fingerprint density at radius 2 is 1.63 bits per heavy atom. The number of aliphatic hydroxyl groups is 1. The van der Waals surface area contributed by atoms with Gasteiger partial charge in [-0.1, -0.05) is 0 Å². The molecule has 2 N–H and O–H groups in total. The van der Waals surface area contributed by atoms with Gasteiger partial charge < -0.3 is 14.6 Å². The van der Waals surface area contributed by atoms with Crippen LogP contribution in [-0.4, -0.2) is 21.8 Å². The largest absolute Gasteiger partial charge is 0.508 e. The Labute approximate surface area is 106 Å². The van der Waals surface area contributed by atoms with Crippen LogP contribution >= 0.6 is 0 Å². The Morgan fingerprint density at radius 3 is 2.32 bits per heavy atom. The average Bonchev–Trinajstić information content (AvgIpc) is 2.31. The lowest BCUT2D eigenvalue weighted by atomic mass is 10.0. The van der Waals surface area contributed by atoms with Crippen LogP contribution in [0.15, 0.2) is 50.9 Å². The van der Waals surface area contributed by atoms with Gasteiger partial charge in [-0.25, -0.2) is 4.79 Å². The van der Waals surface area contributed by atoms with Crippen molar-refractivity contribution in [3.8, 4) is 5.75 Å². The van der Waals surface area contributed by atoms with E-state index in [0.29, 0.717) is 0 Å². The van der Waals surface area contributed by atoms with Crippen LogP contribution in [0.25, 0.3) is 6.08 Å². The highest BCUT2D eigenvalue weighted by Crippen LogP contribution is 2.16. The fourth-order valence-electron chi connectivity index (χ4n) is 1.44. The molecule has 0 radical (unpaired) electrons. The number of aromatic hydroxyl groups is 1. The third kappa shape index (κ3) is 2.86. The average molecular weight is 260 g/mol. The molecule has 1 aliphatic carbocycles. The Hall–Kier alpha value is -2.89. The van der Waals surface area contributed by atoms with Crippen molar-refractivity contribution in [2.45, 2.75) is 0 Å². The Bertz CT molecular complexity index is 702. The summed E-state index contributed by atoms with van der Waals surface area (Å²) >= 11 is 0. The first-order chi connectivity index (χ1) is 8.95. The molecule has 1 aromatic heterocycles.